The van der Waals surface area contributed by atoms with Crippen molar-refractivity contribution < 1.29 is 0 Å². The molecule has 0 amide bonds. The largest absolute Gasteiger partial charge is 0.323 e. The van der Waals surface area contributed by atoms with Crippen molar-refractivity contribution in [1.29, 1.82) is 0 Å². The van der Waals surface area contributed by atoms with Crippen LogP contribution in [-0.4, -0.2) is 25.5 Å². The van der Waals surface area contributed by atoms with E-state index in [1.165, 1.54) is 24.0 Å². The average Bonchev–Trinajstić information content (AvgIpc) is 3.10. The van der Waals surface area contributed by atoms with Crippen LogP contribution in [0.1, 0.15) is 36.1 Å². The van der Waals surface area contributed by atoms with Gasteiger partial charge >= 0.3 is 0 Å². The second kappa shape index (κ2) is 4.31. The molecule has 0 radical (unpaired) electrons. The van der Waals surface area contributed by atoms with E-state index in [0.717, 1.165) is 11.6 Å². The Kier molecular flexibility index (Phi) is 2.60. The lowest BCUT2D eigenvalue weighted by Crippen LogP contribution is -2.19. The standard InChI is InChI=1S/C13H15N5S/c14-12-10-4-2-1-3-8(10)7-11(12)19-13-15-16-17-18(13)9-5-6-9/h1-4,9,11-12H,5-7,14H2. The molecule has 4 rings (SSSR count). The van der Waals surface area contributed by atoms with E-state index in [0.29, 0.717) is 11.3 Å². The van der Waals surface area contributed by atoms with E-state index in [9.17, 15) is 0 Å². The second-order valence-corrected chi connectivity index (χ2v) is 6.43. The third kappa shape index (κ3) is 1.95. The number of nitrogens with zero attached hydrogens (tertiary/aromatic N) is 4. The molecule has 2 atom stereocenters. The van der Waals surface area contributed by atoms with Gasteiger partial charge in [-0.25, -0.2) is 4.68 Å². The fraction of sp³-hybridized carbons (Fsp3) is 0.462. The maximum absolute atomic E-state index is 6.35. The topological polar surface area (TPSA) is 69.6 Å². The molecule has 1 saturated carbocycles. The molecule has 1 aromatic heterocycles. The van der Waals surface area contributed by atoms with Crippen LogP contribution in [0, 0.1) is 0 Å². The lowest BCUT2D eigenvalue weighted by molar-refractivity contribution is 0.563. The molecule has 2 aromatic rings. The minimum atomic E-state index is 0.0746. The van der Waals surface area contributed by atoms with E-state index in [-0.39, 0.29) is 6.04 Å². The molecule has 0 bridgehead atoms. The molecule has 2 unspecified atom stereocenters. The Morgan fingerprint density at radius 1 is 1.26 bits per heavy atom. The molecule has 5 nitrogen and oxygen atoms in total. The van der Waals surface area contributed by atoms with Gasteiger partial charge in [0.25, 0.3) is 0 Å². The van der Waals surface area contributed by atoms with Gasteiger partial charge < -0.3 is 5.73 Å². The molecule has 2 aliphatic carbocycles. The third-order valence-electron chi connectivity index (χ3n) is 3.85. The molecule has 1 aromatic carbocycles. The maximum atomic E-state index is 6.35. The van der Waals surface area contributed by atoms with Gasteiger partial charge in [0.15, 0.2) is 0 Å². The van der Waals surface area contributed by atoms with Gasteiger partial charge in [-0.3, -0.25) is 0 Å². The highest BCUT2D eigenvalue weighted by Gasteiger charge is 2.34. The zero-order valence-corrected chi connectivity index (χ0v) is 11.3. The van der Waals surface area contributed by atoms with E-state index in [2.05, 4.69) is 39.8 Å². The molecular formula is C13H15N5S. The van der Waals surface area contributed by atoms with Crippen LogP contribution in [0.4, 0.5) is 0 Å². The minimum Gasteiger partial charge on any atom is -0.323 e. The number of benzene rings is 1. The normalized spacial score (nSPS) is 25.5. The maximum Gasteiger partial charge on any atom is 0.209 e. The van der Waals surface area contributed by atoms with Crippen molar-refractivity contribution in [3.8, 4) is 0 Å². The van der Waals surface area contributed by atoms with Crippen LogP contribution >= 0.6 is 11.8 Å². The summed E-state index contributed by atoms with van der Waals surface area (Å²) >= 11 is 1.72. The van der Waals surface area contributed by atoms with Crippen molar-refractivity contribution >= 4 is 11.8 Å². The third-order valence-corrected chi connectivity index (χ3v) is 5.09. The van der Waals surface area contributed by atoms with Crippen LogP contribution in [0.15, 0.2) is 29.4 Å². The van der Waals surface area contributed by atoms with Crippen molar-refractivity contribution in [2.45, 2.75) is 41.8 Å². The molecule has 0 saturated heterocycles. The van der Waals surface area contributed by atoms with Crippen molar-refractivity contribution in [3.63, 3.8) is 0 Å². The summed E-state index contributed by atoms with van der Waals surface area (Å²) in [4.78, 5) is 0. The number of thioether (sulfide) groups is 1. The van der Waals surface area contributed by atoms with Crippen molar-refractivity contribution in [3.05, 3.63) is 35.4 Å². The summed E-state index contributed by atoms with van der Waals surface area (Å²) in [5.41, 5.74) is 8.98. The molecule has 0 aliphatic heterocycles. The van der Waals surface area contributed by atoms with Gasteiger partial charge in [0.05, 0.1) is 6.04 Å². The Labute approximate surface area is 115 Å². The molecular weight excluding hydrogens is 258 g/mol. The van der Waals surface area contributed by atoms with Crippen molar-refractivity contribution in [2.75, 3.05) is 0 Å². The van der Waals surface area contributed by atoms with Gasteiger partial charge in [-0.1, -0.05) is 36.0 Å². The van der Waals surface area contributed by atoms with Crippen LogP contribution in [0.3, 0.4) is 0 Å². The van der Waals surface area contributed by atoms with Crippen molar-refractivity contribution in [2.24, 2.45) is 5.73 Å². The van der Waals surface area contributed by atoms with E-state index in [4.69, 9.17) is 5.73 Å². The Morgan fingerprint density at radius 2 is 2.11 bits per heavy atom. The Morgan fingerprint density at radius 3 is 2.89 bits per heavy atom. The van der Waals surface area contributed by atoms with Crippen LogP contribution < -0.4 is 5.73 Å². The van der Waals surface area contributed by atoms with E-state index in [1.807, 2.05) is 4.68 Å². The van der Waals surface area contributed by atoms with Gasteiger partial charge in [0, 0.05) is 11.3 Å². The molecule has 1 heterocycles. The van der Waals surface area contributed by atoms with Crippen LogP contribution in [0.2, 0.25) is 0 Å². The molecule has 1 fully saturated rings. The number of fused-ring (bicyclic) bond motifs is 1. The van der Waals surface area contributed by atoms with E-state index < -0.39 is 0 Å². The number of rotatable bonds is 3. The molecule has 2 aliphatic rings. The van der Waals surface area contributed by atoms with E-state index >= 15 is 0 Å². The zero-order valence-electron chi connectivity index (χ0n) is 10.4. The molecule has 6 heteroatoms. The number of hydrogen-bond donors (Lipinski definition) is 1. The molecule has 2 N–H and O–H groups in total. The zero-order chi connectivity index (χ0) is 12.8. The van der Waals surface area contributed by atoms with E-state index in [1.54, 1.807) is 11.8 Å². The lowest BCUT2D eigenvalue weighted by Gasteiger charge is -2.14. The number of aromatic nitrogens is 4. The predicted octanol–water partition coefficient (Wildman–Crippen LogP) is 1.72. The predicted molar refractivity (Wildman–Crippen MR) is 72.8 cm³/mol. The monoisotopic (exact) mass is 273 g/mol. The summed E-state index contributed by atoms with van der Waals surface area (Å²) in [5, 5.41) is 13.3. The molecule has 98 valence electrons. The highest BCUT2D eigenvalue weighted by atomic mass is 32.2. The van der Waals surface area contributed by atoms with Gasteiger partial charge in [-0.15, -0.1) is 5.10 Å². The summed E-state index contributed by atoms with van der Waals surface area (Å²) in [6, 6.07) is 9.01. The summed E-state index contributed by atoms with van der Waals surface area (Å²) in [7, 11) is 0. The quantitative estimate of drug-likeness (QED) is 0.922. The first-order chi connectivity index (χ1) is 9.33. The first-order valence-corrected chi connectivity index (χ1v) is 7.49. The highest BCUT2D eigenvalue weighted by Crippen LogP contribution is 2.42. The second-order valence-electron chi connectivity index (χ2n) is 5.22. The fourth-order valence-electron chi connectivity index (χ4n) is 2.65. The summed E-state index contributed by atoms with van der Waals surface area (Å²) in [6.45, 7) is 0. The number of tetrazole rings is 1. The molecule has 0 spiro atoms. The van der Waals surface area contributed by atoms with Gasteiger partial charge in [-0.2, -0.15) is 0 Å². The Bertz CT molecular complexity index is 607. The number of hydrogen-bond acceptors (Lipinski definition) is 5. The number of nitrogens with two attached hydrogens (primary N) is 1. The van der Waals surface area contributed by atoms with Crippen molar-refractivity contribution in [1.82, 2.24) is 20.2 Å². The fourth-order valence-corrected chi connectivity index (χ4v) is 3.86. The minimum absolute atomic E-state index is 0.0746. The highest BCUT2D eigenvalue weighted by molar-refractivity contribution is 7.99. The Hall–Kier alpha value is -1.40. The smallest absolute Gasteiger partial charge is 0.209 e. The van der Waals surface area contributed by atoms with Gasteiger partial charge in [-0.05, 0) is 40.8 Å². The first kappa shape index (κ1) is 11.4. The molecule has 19 heavy (non-hydrogen) atoms. The average molecular weight is 273 g/mol. The summed E-state index contributed by atoms with van der Waals surface area (Å²) in [5.74, 6) is 0. The van der Waals surface area contributed by atoms with Gasteiger partial charge in [0.1, 0.15) is 0 Å². The lowest BCUT2D eigenvalue weighted by atomic mass is 10.1. The van der Waals surface area contributed by atoms with Gasteiger partial charge in [0.2, 0.25) is 5.16 Å². The Balaban J connectivity index is 1.57. The summed E-state index contributed by atoms with van der Waals surface area (Å²) < 4.78 is 1.96. The summed E-state index contributed by atoms with van der Waals surface area (Å²) in [6.07, 6.45) is 3.38. The van der Waals surface area contributed by atoms with Crippen LogP contribution in [-0.2, 0) is 6.42 Å². The van der Waals surface area contributed by atoms with Crippen LogP contribution in [0.25, 0.3) is 0 Å². The SMILES string of the molecule is NC1c2ccccc2CC1Sc1nnnn1C1CC1. The first-order valence-electron chi connectivity index (χ1n) is 6.61. The van der Waals surface area contributed by atoms with Crippen LogP contribution in [0.5, 0.6) is 0 Å².